The first-order chi connectivity index (χ1) is 16.6. The molecule has 11 atom stereocenters. The van der Waals surface area contributed by atoms with Gasteiger partial charge in [-0.25, -0.2) is 4.79 Å². The van der Waals surface area contributed by atoms with Crippen LogP contribution in [0.25, 0.3) is 0 Å². The van der Waals surface area contributed by atoms with Crippen LogP contribution in [0.3, 0.4) is 0 Å². The summed E-state index contributed by atoms with van der Waals surface area (Å²) in [6.07, 6.45) is 5.58. The first-order valence-corrected chi connectivity index (χ1v) is 13.8. The Morgan fingerprint density at radius 1 is 1.06 bits per heavy atom. The largest absolute Gasteiger partial charge is 0.508 e. The standard InChI is InChI=1S/C28H46O7/c1-6-34-26(32)35-18-11-12-27(3)17(13-18)14-22(29)25-20-9-8-19(16(2)7-10-24(31)33-5)28(20,4)23(30)15-21(25)27/h16-23,25,29-30H,6-15H2,1-5H3/t16-,17?,18-,19-,20+,21+,22-,23+,25+,27+,28-/m1/s1. The maximum absolute atomic E-state index is 11.9. The lowest BCUT2D eigenvalue weighted by Crippen LogP contribution is -2.62. The second-order valence-electron chi connectivity index (χ2n) is 12.4. The molecule has 7 nitrogen and oxygen atoms in total. The molecule has 0 aliphatic heterocycles. The number of methoxy groups -OCH3 is 1. The van der Waals surface area contributed by atoms with Crippen LogP contribution in [-0.2, 0) is 19.0 Å². The Kier molecular flexibility index (Phi) is 7.78. The summed E-state index contributed by atoms with van der Waals surface area (Å²) in [7, 11) is 1.43. The number of aliphatic hydroxyl groups is 2. The summed E-state index contributed by atoms with van der Waals surface area (Å²) in [5.41, 5.74) is -0.222. The molecule has 4 aliphatic carbocycles. The number of hydrogen-bond donors (Lipinski definition) is 2. The Labute approximate surface area is 210 Å². The van der Waals surface area contributed by atoms with Crippen molar-refractivity contribution in [2.45, 2.75) is 104 Å². The van der Waals surface area contributed by atoms with Crippen molar-refractivity contribution in [3.63, 3.8) is 0 Å². The minimum absolute atomic E-state index is 0.0231. The van der Waals surface area contributed by atoms with E-state index in [0.717, 1.165) is 44.9 Å². The molecule has 1 unspecified atom stereocenters. The lowest BCUT2D eigenvalue weighted by molar-refractivity contribution is -0.207. The van der Waals surface area contributed by atoms with Crippen LogP contribution < -0.4 is 0 Å². The number of hydrogen-bond acceptors (Lipinski definition) is 7. The molecule has 0 bridgehead atoms. The fourth-order valence-electron chi connectivity index (χ4n) is 9.16. The van der Waals surface area contributed by atoms with Crippen molar-refractivity contribution < 1.29 is 34.0 Å². The summed E-state index contributed by atoms with van der Waals surface area (Å²) in [4.78, 5) is 23.6. The molecule has 0 aromatic carbocycles. The van der Waals surface area contributed by atoms with Gasteiger partial charge in [-0.1, -0.05) is 20.8 Å². The molecule has 0 radical (unpaired) electrons. The normalized spacial score (nSPS) is 45.5. The summed E-state index contributed by atoms with van der Waals surface area (Å²) in [5, 5.41) is 23.2. The lowest BCUT2D eigenvalue weighted by Gasteiger charge is -2.63. The van der Waals surface area contributed by atoms with Crippen molar-refractivity contribution in [2.75, 3.05) is 13.7 Å². The van der Waals surface area contributed by atoms with Gasteiger partial charge in [-0.3, -0.25) is 4.79 Å². The highest BCUT2D eigenvalue weighted by Crippen LogP contribution is 2.68. The van der Waals surface area contributed by atoms with E-state index in [4.69, 9.17) is 14.2 Å². The molecule has 0 amide bonds. The van der Waals surface area contributed by atoms with E-state index in [9.17, 15) is 19.8 Å². The molecule has 0 spiro atoms. The van der Waals surface area contributed by atoms with Gasteiger partial charge in [-0.05, 0) is 105 Å². The van der Waals surface area contributed by atoms with Crippen molar-refractivity contribution >= 4 is 12.1 Å². The molecule has 0 saturated heterocycles. The number of ether oxygens (including phenoxy) is 3. The van der Waals surface area contributed by atoms with E-state index in [-0.39, 0.29) is 46.6 Å². The zero-order valence-electron chi connectivity index (χ0n) is 22.2. The highest BCUT2D eigenvalue weighted by Gasteiger charge is 2.65. The van der Waals surface area contributed by atoms with Gasteiger partial charge in [0.15, 0.2) is 0 Å². The van der Waals surface area contributed by atoms with Gasteiger partial charge in [0.05, 0.1) is 25.9 Å². The van der Waals surface area contributed by atoms with Gasteiger partial charge in [0.2, 0.25) is 0 Å². The van der Waals surface area contributed by atoms with Crippen LogP contribution in [-0.4, -0.2) is 54.4 Å². The molecule has 200 valence electrons. The molecular weight excluding hydrogens is 448 g/mol. The Balaban J connectivity index is 1.50. The van der Waals surface area contributed by atoms with E-state index in [1.54, 1.807) is 6.92 Å². The van der Waals surface area contributed by atoms with Crippen LogP contribution >= 0.6 is 0 Å². The number of fused-ring (bicyclic) bond motifs is 5. The molecule has 4 fully saturated rings. The van der Waals surface area contributed by atoms with E-state index in [2.05, 4.69) is 20.8 Å². The maximum Gasteiger partial charge on any atom is 0.508 e. The van der Waals surface area contributed by atoms with Crippen LogP contribution in [0.15, 0.2) is 0 Å². The maximum atomic E-state index is 11.9. The summed E-state index contributed by atoms with van der Waals surface area (Å²) in [6, 6.07) is 0. The minimum atomic E-state index is -0.600. The van der Waals surface area contributed by atoms with Crippen molar-refractivity contribution in [3.8, 4) is 0 Å². The number of carbonyl (C=O) groups excluding carboxylic acids is 2. The third kappa shape index (κ3) is 4.60. The third-order valence-corrected chi connectivity index (χ3v) is 11.1. The van der Waals surface area contributed by atoms with E-state index < -0.39 is 18.4 Å². The van der Waals surface area contributed by atoms with Crippen molar-refractivity contribution in [1.29, 1.82) is 0 Å². The predicted octanol–water partition coefficient (Wildman–Crippen LogP) is 4.72. The number of aliphatic hydroxyl groups excluding tert-OH is 2. The second kappa shape index (κ2) is 10.2. The molecule has 4 aliphatic rings. The van der Waals surface area contributed by atoms with Crippen LogP contribution in [0.1, 0.15) is 85.5 Å². The molecule has 35 heavy (non-hydrogen) atoms. The number of rotatable bonds is 6. The molecule has 7 heteroatoms. The Morgan fingerprint density at radius 2 is 1.80 bits per heavy atom. The average Bonchev–Trinajstić information content (AvgIpc) is 3.17. The Bertz CT molecular complexity index is 785. The molecule has 4 rings (SSSR count). The molecule has 0 aromatic rings. The summed E-state index contributed by atoms with van der Waals surface area (Å²) in [6.45, 7) is 8.88. The van der Waals surface area contributed by atoms with Gasteiger partial charge >= 0.3 is 12.1 Å². The first kappa shape index (κ1) is 26.7. The smallest absolute Gasteiger partial charge is 0.469 e. The number of carbonyl (C=O) groups is 2. The van der Waals surface area contributed by atoms with Gasteiger partial charge in [0.1, 0.15) is 6.10 Å². The van der Waals surface area contributed by atoms with E-state index >= 15 is 0 Å². The fourth-order valence-corrected chi connectivity index (χ4v) is 9.16. The predicted molar refractivity (Wildman–Crippen MR) is 130 cm³/mol. The first-order valence-electron chi connectivity index (χ1n) is 13.8. The minimum Gasteiger partial charge on any atom is -0.469 e. The molecule has 0 aromatic heterocycles. The van der Waals surface area contributed by atoms with Crippen LogP contribution in [0, 0.1) is 46.3 Å². The topological polar surface area (TPSA) is 102 Å². The zero-order valence-corrected chi connectivity index (χ0v) is 22.2. The van der Waals surface area contributed by atoms with E-state index in [1.807, 2.05) is 0 Å². The third-order valence-electron chi connectivity index (χ3n) is 11.1. The highest BCUT2D eigenvalue weighted by molar-refractivity contribution is 5.69. The summed E-state index contributed by atoms with van der Waals surface area (Å²) < 4.78 is 15.4. The van der Waals surface area contributed by atoms with Gasteiger partial charge in [0, 0.05) is 6.42 Å². The van der Waals surface area contributed by atoms with Crippen LogP contribution in [0.5, 0.6) is 0 Å². The molecule has 0 heterocycles. The van der Waals surface area contributed by atoms with Gasteiger partial charge in [-0.15, -0.1) is 0 Å². The molecule has 2 N–H and O–H groups in total. The quantitative estimate of drug-likeness (QED) is 0.515. The number of esters is 1. The van der Waals surface area contributed by atoms with Crippen molar-refractivity contribution in [3.05, 3.63) is 0 Å². The fraction of sp³-hybridized carbons (Fsp3) is 0.929. The monoisotopic (exact) mass is 494 g/mol. The zero-order chi connectivity index (χ0) is 25.5. The van der Waals surface area contributed by atoms with Gasteiger partial charge < -0.3 is 24.4 Å². The Morgan fingerprint density at radius 3 is 2.49 bits per heavy atom. The van der Waals surface area contributed by atoms with E-state index in [1.165, 1.54) is 7.11 Å². The van der Waals surface area contributed by atoms with E-state index in [0.29, 0.717) is 31.3 Å². The molecular formula is C28H46O7. The van der Waals surface area contributed by atoms with Crippen molar-refractivity contribution in [2.24, 2.45) is 46.3 Å². The summed E-state index contributed by atoms with van der Waals surface area (Å²) in [5.74, 6) is 1.46. The second-order valence-corrected chi connectivity index (χ2v) is 12.4. The SMILES string of the molecule is CCOC(=O)O[C@@H]1CC[C@@]2(C)C(C1)C[C@@H](O)[C@H]1[C@@H]3CC[C@H]([C@H](C)CCC(=O)OC)[C@@]3(C)[C@@H](O)C[C@@H]12. The van der Waals surface area contributed by atoms with Crippen LogP contribution in [0.4, 0.5) is 4.79 Å². The van der Waals surface area contributed by atoms with Gasteiger partial charge in [-0.2, -0.15) is 0 Å². The highest BCUT2D eigenvalue weighted by atomic mass is 16.7. The average molecular weight is 495 g/mol. The molecule has 4 saturated carbocycles. The van der Waals surface area contributed by atoms with Crippen LogP contribution in [0.2, 0.25) is 0 Å². The summed E-state index contributed by atoms with van der Waals surface area (Å²) >= 11 is 0. The van der Waals surface area contributed by atoms with Gasteiger partial charge in [0.25, 0.3) is 0 Å². The lowest BCUT2D eigenvalue weighted by atomic mass is 9.43. The van der Waals surface area contributed by atoms with Crippen molar-refractivity contribution in [1.82, 2.24) is 0 Å². The Hall–Kier alpha value is -1.34.